The number of fused-ring (bicyclic) bond motifs is 21. The van der Waals surface area contributed by atoms with Crippen LogP contribution in [0.5, 0.6) is 46.0 Å². The highest BCUT2D eigenvalue weighted by Crippen LogP contribution is 2.49. The summed E-state index contributed by atoms with van der Waals surface area (Å²) < 4.78 is 41.3. The molecule has 9 nitrogen and oxygen atoms in total. The Kier molecular flexibility index (Phi) is 10.3. The lowest BCUT2D eigenvalue weighted by molar-refractivity contribution is 0.464. The molecule has 22 rings (SSSR count). The Morgan fingerprint density at radius 1 is 0.245 bits per heavy atom. The molecule has 0 N–H and O–H groups in total. The summed E-state index contributed by atoms with van der Waals surface area (Å²) >= 11 is 3.47. The molecule has 6 aliphatic heterocycles. The van der Waals surface area contributed by atoms with Crippen LogP contribution in [0.25, 0.3) is 82.5 Å². The Morgan fingerprint density at radius 3 is 0.872 bits per heavy atom. The molecular formula is C80H48B3N5O4S2. The number of hydrogen-bond donors (Lipinski definition) is 0. The van der Waals surface area contributed by atoms with E-state index in [9.17, 15) is 0 Å². The number of anilines is 4. The third kappa shape index (κ3) is 6.75. The van der Waals surface area contributed by atoms with Crippen molar-refractivity contribution >= 4 is 181 Å². The van der Waals surface area contributed by atoms with Gasteiger partial charge in [0.2, 0.25) is 0 Å². The zero-order valence-corrected chi connectivity index (χ0v) is 52.3. The highest BCUT2D eigenvalue weighted by molar-refractivity contribution is 8.00. The zero-order valence-electron chi connectivity index (χ0n) is 50.7. The van der Waals surface area contributed by atoms with Crippen LogP contribution in [0.1, 0.15) is 0 Å². The minimum Gasteiger partial charge on any atom is -0.458 e. The van der Waals surface area contributed by atoms with Crippen molar-refractivity contribution in [2.45, 2.75) is 0 Å². The van der Waals surface area contributed by atoms with Gasteiger partial charge in [-0.1, -0.05) is 158 Å². The average molecular weight is 1240 g/mol. The minimum atomic E-state index is -0.230. The second kappa shape index (κ2) is 18.8. The predicted molar refractivity (Wildman–Crippen MR) is 394 cm³/mol. The Hall–Kier alpha value is -11.0. The fraction of sp³-hybridized carbons (Fsp3) is 0.0250. The average Bonchev–Trinajstić information content (AvgIpc) is 0.923. The van der Waals surface area contributed by atoms with Gasteiger partial charge in [-0.25, -0.2) is 0 Å². The first kappa shape index (κ1) is 51.6. The molecule has 0 bridgehead atoms. The van der Waals surface area contributed by atoms with Gasteiger partial charge in [-0.3, -0.25) is 8.61 Å². The molecule has 14 heteroatoms. The standard InChI is InChI=1S/C80H48B3N5O4S2/c1-93-87-66-43-72-58(81-54-25-9-17-33-70(54)89-74-37-46(39-76(91-72)79(74)81)85-62-29-13-5-21-50(62)51-22-6-14-30-63(51)85)41-56(66)83-57-42-59-73(44-67(57)88(94-2)69-36-45(35-68(87)78(69)83)84-60-27-11-3-19-48(60)49-20-4-12-28-61(49)84)92-77-40-47(38-75-80(77)82(59)55-26-10-18-34-71(55)90-75)86-64-31-15-7-23-52(64)53-24-8-16-32-65(53)86/h3-44H,1-2H3. The molecule has 0 spiro atoms. The van der Waals surface area contributed by atoms with Gasteiger partial charge in [-0.15, -0.1) is 0 Å². The number of para-hydroxylation sites is 8. The van der Waals surface area contributed by atoms with Crippen LogP contribution in [0.4, 0.5) is 22.7 Å². The Labute approximate surface area is 549 Å². The number of hydrogen-bond acceptors (Lipinski definition) is 8. The molecule has 9 heterocycles. The molecule has 6 aliphatic rings. The molecule has 0 unspecified atom stereocenters. The molecule has 94 heavy (non-hydrogen) atoms. The van der Waals surface area contributed by atoms with Crippen molar-refractivity contribution in [3.8, 4) is 63.1 Å². The maximum Gasteiger partial charge on any atom is 0.260 e. The molecule has 0 fully saturated rings. The number of nitrogens with zero attached hydrogens (tertiary/aromatic N) is 5. The number of rotatable bonds is 5. The van der Waals surface area contributed by atoms with E-state index in [0.29, 0.717) is 0 Å². The molecule has 16 aromatic rings. The van der Waals surface area contributed by atoms with Crippen LogP contribution in [0.2, 0.25) is 0 Å². The smallest absolute Gasteiger partial charge is 0.260 e. The highest BCUT2D eigenvalue weighted by atomic mass is 32.2. The van der Waals surface area contributed by atoms with Gasteiger partial charge >= 0.3 is 0 Å². The molecule has 13 aromatic carbocycles. The van der Waals surface area contributed by atoms with Gasteiger partial charge in [-0.2, -0.15) is 0 Å². The summed E-state index contributed by atoms with van der Waals surface area (Å²) in [4.78, 5) is 0. The summed E-state index contributed by atoms with van der Waals surface area (Å²) in [6.45, 7) is -0.616. The lowest BCUT2D eigenvalue weighted by Crippen LogP contribution is -2.65. The summed E-state index contributed by atoms with van der Waals surface area (Å²) in [5.41, 5.74) is 24.4. The van der Waals surface area contributed by atoms with Crippen molar-refractivity contribution in [1.82, 2.24) is 13.7 Å². The van der Waals surface area contributed by atoms with E-state index in [0.717, 1.165) is 152 Å². The molecule has 0 saturated heterocycles. The van der Waals surface area contributed by atoms with Crippen molar-refractivity contribution in [3.63, 3.8) is 0 Å². The quantitative estimate of drug-likeness (QED) is 0.125. The molecule has 3 aromatic heterocycles. The Balaban J connectivity index is 0.790. The molecule has 0 atom stereocenters. The first-order valence-corrected chi connectivity index (χ1v) is 34.3. The van der Waals surface area contributed by atoms with Gasteiger partial charge in [0.1, 0.15) is 46.0 Å². The Bertz CT molecular complexity index is 5670. The van der Waals surface area contributed by atoms with E-state index in [2.05, 4.69) is 290 Å². The lowest BCUT2D eigenvalue weighted by atomic mass is 9.30. The van der Waals surface area contributed by atoms with E-state index in [1.165, 1.54) is 48.7 Å². The van der Waals surface area contributed by atoms with Crippen molar-refractivity contribution in [1.29, 1.82) is 0 Å². The van der Waals surface area contributed by atoms with E-state index in [1.54, 1.807) is 23.9 Å². The van der Waals surface area contributed by atoms with Gasteiger partial charge < -0.3 is 32.6 Å². The van der Waals surface area contributed by atoms with Crippen LogP contribution < -0.4 is 76.7 Å². The largest absolute Gasteiger partial charge is 0.458 e. The second-order valence-electron chi connectivity index (χ2n) is 25.4. The van der Waals surface area contributed by atoms with E-state index in [1.807, 2.05) is 0 Å². The van der Waals surface area contributed by atoms with Crippen molar-refractivity contribution in [3.05, 3.63) is 255 Å². The van der Waals surface area contributed by atoms with Crippen molar-refractivity contribution in [2.24, 2.45) is 0 Å². The monoisotopic (exact) mass is 1240 g/mol. The summed E-state index contributed by atoms with van der Waals surface area (Å²) in [5, 5.41) is 7.22. The lowest BCUT2D eigenvalue weighted by Gasteiger charge is -2.44. The predicted octanol–water partition coefficient (Wildman–Crippen LogP) is 14.4. The summed E-state index contributed by atoms with van der Waals surface area (Å²) in [6.07, 6.45) is 4.42. The normalized spacial score (nSPS) is 14.0. The van der Waals surface area contributed by atoms with Crippen LogP contribution in [-0.2, 0) is 0 Å². The maximum absolute atomic E-state index is 7.53. The maximum atomic E-state index is 7.53. The topological polar surface area (TPSA) is 58.2 Å². The van der Waals surface area contributed by atoms with E-state index in [-0.39, 0.29) is 20.1 Å². The van der Waals surface area contributed by atoms with Crippen LogP contribution in [0.3, 0.4) is 0 Å². The van der Waals surface area contributed by atoms with Crippen LogP contribution >= 0.6 is 23.9 Å². The summed E-state index contributed by atoms with van der Waals surface area (Å²) in [7, 11) is 0. The molecular weight excluding hydrogens is 1190 g/mol. The summed E-state index contributed by atoms with van der Waals surface area (Å²) in [6, 6.07) is 93.0. The fourth-order valence-corrected chi connectivity index (χ4v) is 18.6. The van der Waals surface area contributed by atoms with Crippen LogP contribution in [0, 0.1) is 0 Å². The number of ether oxygens (including phenoxy) is 4. The second-order valence-corrected chi connectivity index (χ2v) is 26.8. The van der Waals surface area contributed by atoms with Gasteiger partial charge in [0.15, 0.2) is 0 Å². The highest BCUT2D eigenvalue weighted by Gasteiger charge is 2.49. The van der Waals surface area contributed by atoms with E-state index >= 15 is 0 Å². The number of aromatic nitrogens is 3. The first-order chi connectivity index (χ1) is 46.5. The third-order valence-electron chi connectivity index (χ3n) is 20.8. The van der Waals surface area contributed by atoms with E-state index in [4.69, 9.17) is 18.9 Å². The van der Waals surface area contributed by atoms with Gasteiger partial charge in [0, 0.05) is 92.2 Å². The molecule has 0 amide bonds. The van der Waals surface area contributed by atoms with Gasteiger partial charge in [-0.05, 0) is 123 Å². The van der Waals surface area contributed by atoms with Gasteiger partial charge in [0.05, 0.1) is 72.9 Å². The minimum absolute atomic E-state index is 0.193. The van der Waals surface area contributed by atoms with Crippen LogP contribution in [0.15, 0.2) is 255 Å². The Morgan fingerprint density at radius 2 is 0.532 bits per heavy atom. The van der Waals surface area contributed by atoms with Crippen molar-refractivity contribution in [2.75, 3.05) is 21.1 Å². The third-order valence-corrected chi connectivity index (χ3v) is 22.3. The molecule has 438 valence electrons. The van der Waals surface area contributed by atoms with Gasteiger partial charge in [0.25, 0.3) is 20.1 Å². The molecule has 0 radical (unpaired) electrons. The number of benzene rings is 13. The molecule has 0 aliphatic carbocycles. The summed E-state index contributed by atoms with van der Waals surface area (Å²) in [5.74, 6) is 6.49. The van der Waals surface area contributed by atoms with Crippen molar-refractivity contribution < 1.29 is 18.9 Å². The fourth-order valence-electron chi connectivity index (χ4n) is 17.1. The van der Waals surface area contributed by atoms with E-state index < -0.39 is 0 Å². The molecule has 0 saturated carbocycles. The first-order valence-electron chi connectivity index (χ1n) is 32.0. The SMILES string of the molecule is CSN1c2cc3c(cc2B2c4cc5c(cc4N(SC)c4cc(-n6c7ccccc7c7ccccc76)cc1c42)Oc1cc(-n2c4ccccc4c4ccccc42)cc2c1B5c1ccccc1O2)B1c2ccccc2Oc2cc(-n4c5ccccc5c5ccccc54)cc(c21)O3. The van der Waals surface area contributed by atoms with Crippen LogP contribution in [-0.4, -0.2) is 46.4 Å². The zero-order chi connectivity index (χ0) is 61.3.